The molecule has 156 valence electrons. The van der Waals surface area contributed by atoms with E-state index >= 15 is 0 Å². The molecule has 4 rings (SSSR count). The number of methoxy groups -OCH3 is 5. The van der Waals surface area contributed by atoms with Crippen molar-refractivity contribution >= 4 is 0 Å². The van der Waals surface area contributed by atoms with Gasteiger partial charge in [0.25, 0.3) is 0 Å². The van der Waals surface area contributed by atoms with Crippen LogP contribution in [0.15, 0.2) is 24.3 Å². The van der Waals surface area contributed by atoms with Gasteiger partial charge in [0.15, 0.2) is 23.0 Å². The average Bonchev–Trinajstić information content (AvgIpc) is 3.23. The van der Waals surface area contributed by atoms with E-state index in [1.807, 2.05) is 6.07 Å². The molecule has 0 N–H and O–H groups in total. The normalized spacial score (nSPS) is 22.4. The largest absolute Gasteiger partial charge is 0.493 e. The van der Waals surface area contributed by atoms with Crippen molar-refractivity contribution in [3.8, 4) is 28.7 Å². The zero-order valence-electron chi connectivity index (χ0n) is 17.6. The van der Waals surface area contributed by atoms with Gasteiger partial charge in [-0.1, -0.05) is 6.07 Å². The van der Waals surface area contributed by atoms with Crippen LogP contribution in [0.2, 0.25) is 0 Å². The molecule has 1 heterocycles. The molecule has 0 radical (unpaired) electrons. The molecule has 3 unspecified atom stereocenters. The van der Waals surface area contributed by atoms with E-state index in [0.29, 0.717) is 34.8 Å². The lowest BCUT2D eigenvalue weighted by atomic mass is 9.67. The minimum Gasteiger partial charge on any atom is -0.493 e. The lowest BCUT2D eigenvalue weighted by Crippen LogP contribution is -2.30. The van der Waals surface area contributed by atoms with E-state index < -0.39 is 0 Å². The van der Waals surface area contributed by atoms with Gasteiger partial charge in [0.2, 0.25) is 5.75 Å². The van der Waals surface area contributed by atoms with Crippen LogP contribution in [0.5, 0.6) is 28.7 Å². The molecule has 3 atom stereocenters. The van der Waals surface area contributed by atoms with E-state index in [0.717, 1.165) is 36.5 Å². The minimum atomic E-state index is 0.0980. The molecule has 1 fully saturated rings. The predicted octanol–water partition coefficient (Wildman–Crippen LogP) is 3.68. The monoisotopic (exact) mass is 400 g/mol. The Balaban J connectivity index is 1.94. The second-order valence-corrected chi connectivity index (χ2v) is 7.48. The highest BCUT2D eigenvalue weighted by molar-refractivity contribution is 5.63. The fraction of sp³-hybridized carbons (Fsp3) is 0.478. The highest BCUT2D eigenvalue weighted by Gasteiger charge is 2.44. The summed E-state index contributed by atoms with van der Waals surface area (Å²) < 4.78 is 34.1. The zero-order chi connectivity index (χ0) is 20.5. The van der Waals surface area contributed by atoms with Crippen molar-refractivity contribution in [1.82, 2.24) is 0 Å². The van der Waals surface area contributed by atoms with Gasteiger partial charge in [-0.15, -0.1) is 0 Å². The maximum Gasteiger partial charge on any atom is 0.203 e. The number of fused-ring (bicyclic) bond motifs is 2. The van der Waals surface area contributed by atoms with Gasteiger partial charge in [-0.25, -0.2) is 0 Å². The summed E-state index contributed by atoms with van der Waals surface area (Å²) in [5.74, 6) is 4.37. The Labute approximate surface area is 171 Å². The molecule has 0 spiro atoms. The molecule has 0 bridgehead atoms. The molecule has 6 heteroatoms. The van der Waals surface area contributed by atoms with Crippen LogP contribution in [0.4, 0.5) is 0 Å². The van der Waals surface area contributed by atoms with Gasteiger partial charge in [-0.05, 0) is 47.6 Å². The molecule has 0 aromatic heterocycles. The fourth-order valence-corrected chi connectivity index (χ4v) is 4.89. The molecule has 0 saturated carbocycles. The number of hydrogen-bond acceptors (Lipinski definition) is 6. The molecule has 6 nitrogen and oxygen atoms in total. The van der Waals surface area contributed by atoms with Crippen molar-refractivity contribution in [2.75, 3.05) is 48.8 Å². The minimum absolute atomic E-state index is 0.0980. The van der Waals surface area contributed by atoms with E-state index in [4.69, 9.17) is 28.4 Å². The van der Waals surface area contributed by atoms with Crippen molar-refractivity contribution in [2.45, 2.75) is 12.3 Å². The van der Waals surface area contributed by atoms with E-state index in [1.54, 1.807) is 35.5 Å². The standard InChI is InChI=1S/C23H28O6/c1-24-17-7-6-13(9-18(17)25-2)20-16-12-29-11-15(16)8-14-10-19(26-3)22(27-4)23(28-5)21(14)20/h6-7,9-10,15-16,20H,8,11-12H2,1-5H3. The molecule has 2 aromatic rings. The van der Waals surface area contributed by atoms with Crippen LogP contribution >= 0.6 is 0 Å². The number of ether oxygens (including phenoxy) is 6. The molecule has 0 amide bonds. The van der Waals surface area contributed by atoms with Crippen LogP contribution in [0.25, 0.3) is 0 Å². The van der Waals surface area contributed by atoms with Crippen molar-refractivity contribution in [2.24, 2.45) is 11.8 Å². The summed E-state index contributed by atoms with van der Waals surface area (Å²) >= 11 is 0. The fourth-order valence-electron chi connectivity index (χ4n) is 4.89. The summed E-state index contributed by atoms with van der Waals surface area (Å²) in [7, 11) is 8.28. The summed E-state index contributed by atoms with van der Waals surface area (Å²) in [6.45, 7) is 1.49. The second kappa shape index (κ2) is 8.03. The molecule has 29 heavy (non-hydrogen) atoms. The first-order valence-corrected chi connectivity index (χ1v) is 9.78. The van der Waals surface area contributed by atoms with Crippen molar-refractivity contribution in [3.63, 3.8) is 0 Å². The van der Waals surface area contributed by atoms with Crippen molar-refractivity contribution < 1.29 is 28.4 Å². The smallest absolute Gasteiger partial charge is 0.203 e. The average molecular weight is 400 g/mol. The number of hydrogen-bond donors (Lipinski definition) is 0. The summed E-state index contributed by atoms with van der Waals surface area (Å²) in [5.41, 5.74) is 3.50. The molecular formula is C23H28O6. The first kappa shape index (κ1) is 19.7. The van der Waals surface area contributed by atoms with Gasteiger partial charge >= 0.3 is 0 Å². The van der Waals surface area contributed by atoms with E-state index in [1.165, 1.54) is 5.56 Å². The Morgan fingerprint density at radius 1 is 0.759 bits per heavy atom. The van der Waals surface area contributed by atoms with E-state index in [9.17, 15) is 0 Å². The Morgan fingerprint density at radius 2 is 1.48 bits per heavy atom. The molecule has 1 aliphatic carbocycles. The van der Waals surface area contributed by atoms with E-state index in [2.05, 4.69) is 18.2 Å². The predicted molar refractivity (Wildman–Crippen MR) is 109 cm³/mol. The van der Waals surface area contributed by atoms with Crippen LogP contribution in [0, 0.1) is 11.8 Å². The Morgan fingerprint density at radius 3 is 2.14 bits per heavy atom. The number of rotatable bonds is 6. The molecular weight excluding hydrogens is 372 g/mol. The van der Waals surface area contributed by atoms with E-state index in [-0.39, 0.29) is 5.92 Å². The van der Waals surface area contributed by atoms with Gasteiger partial charge < -0.3 is 28.4 Å². The first-order chi connectivity index (χ1) is 14.2. The third-order valence-electron chi connectivity index (χ3n) is 6.19. The maximum absolute atomic E-state index is 5.90. The molecule has 2 aromatic carbocycles. The van der Waals surface area contributed by atoms with Crippen LogP contribution in [-0.4, -0.2) is 48.8 Å². The summed E-state index contributed by atoms with van der Waals surface area (Å²) in [4.78, 5) is 0. The topological polar surface area (TPSA) is 55.4 Å². The second-order valence-electron chi connectivity index (χ2n) is 7.48. The van der Waals surface area contributed by atoms with Gasteiger partial charge in [0, 0.05) is 11.5 Å². The SMILES string of the molecule is COc1ccc(C2c3c(cc(OC)c(OC)c3OC)CC3COCC32)cc1OC. The Hall–Kier alpha value is -2.60. The third-order valence-corrected chi connectivity index (χ3v) is 6.19. The van der Waals surface area contributed by atoms with Crippen molar-refractivity contribution in [3.05, 3.63) is 41.0 Å². The van der Waals surface area contributed by atoms with Crippen molar-refractivity contribution in [1.29, 1.82) is 0 Å². The molecule has 1 saturated heterocycles. The lowest BCUT2D eigenvalue weighted by Gasteiger charge is -2.37. The number of benzene rings is 2. The zero-order valence-corrected chi connectivity index (χ0v) is 17.6. The van der Waals surface area contributed by atoms with Crippen LogP contribution in [0.1, 0.15) is 22.6 Å². The first-order valence-electron chi connectivity index (χ1n) is 9.78. The Bertz CT molecular complexity index is 893. The summed E-state index contributed by atoms with van der Waals surface area (Å²) in [5, 5.41) is 0. The van der Waals surface area contributed by atoms with Gasteiger partial charge in [0.1, 0.15) is 0 Å². The van der Waals surface area contributed by atoms with Gasteiger partial charge in [-0.2, -0.15) is 0 Å². The summed E-state index contributed by atoms with van der Waals surface area (Å²) in [6.07, 6.45) is 0.931. The van der Waals surface area contributed by atoms with Gasteiger partial charge in [0.05, 0.1) is 48.8 Å². The molecule has 1 aliphatic heterocycles. The lowest BCUT2D eigenvalue weighted by molar-refractivity contribution is 0.179. The highest BCUT2D eigenvalue weighted by Crippen LogP contribution is 2.55. The highest BCUT2D eigenvalue weighted by atomic mass is 16.5. The molecule has 2 aliphatic rings. The van der Waals surface area contributed by atoms with Crippen LogP contribution in [0.3, 0.4) is 0 Å². The van der Waals surface area contributed by atoms with Crippen LogP contribution in [-0.2, 0) is 11.2 Å². The third kappa shape index (κ3) is 3.15. The maximum atomic E-state index is 5.90. The van der Waals surface area contributed by atoms with Crippen LogP contribution < -0.4 is 23.7 Å². The quantitative estimate of drug-likeness (QED) is 0.737. The van der Waals surface area contributed by atoms with Gasteiger partial charge in [-0.3, -0.25) is 0 Å². The summed E-state index contributed by atoms with van der Waals surface area (Å²) in [6, 6.07) is 8.20. The Kier molecular flexibility index (Phi) is 5.46.